The Morgan fingerprint density at radius 1 is 0.812 bits per heavy atom. The first kappa shape index (κ1) is 9.04. The lowest BCUT2D eigenvalue weighted by Gasteiger charge is -2.04. The summed E-state index contributed by atoms with van der Waals surface area (Å²) >= 11 is 0. The van der Waals surface area contributed by atoms with Crippen molar-refractivity contribution in [1.82, 2.24) is 9.97 Å². The minimum atomic E-state index is 0.992. The van der Waals surface area contributed by atoms with Crippen LogP contribution < -0.4 is 0 Å². The molecule has 0 bridgehead atoms. The van der Waals surface area contributed by atoms with E-state index in [1.165, 1.54) is 5.39 Å². The highest BCUT2D eigenvalue weighted by atomic mass is 14.7. The van der Waals surface area contributed by atoms with Crippen LogP contribution in [0.15, 0.2) is 61.1 Å². The van der Waals surface area contributed by atoms with Crippen molar-refractivity contribution in [3.8, 4) is 11.3 Å². The normalized spacial score (nSPS) is 10.5. The molecular formula is C14H10N2. The van der Waals surface area contributed by atoms with Crippen LogP contribution in [0.1, 0.15) is 0 Å². The maximum absolute atomic E-state index is 4.44. The molecule has 76 valence electrons. The van der Waals surface area contributed by atoms with Crippen molar-refractivity contribution in [2.75, 3.05) is 0 Å². The van der Waals surface area contributed by atoms with Crippen molar-refractivity contribution in [2.45, 2.75) is 0 Å². The molecule has 0 radical (unpaired) electrons. The second-order valence-electron chi connectivity index (χ2n) is 3.62. The van der Waals surface area contributed by atoms with Crippen molar-refractivity contribution in [3.63, 3.8) is 0 Å². The number of nitrogens with zero attached hydrogens (tertiary/aromatic N) is 2. The lowest BCUT2D eigenvalue weighted by molar-refractivity contribution is 1.32. The van der Waals surface area contributed by atoms with Gasteiger partial charge < -0.3 is 0 Å². The summed E-state index contributed by atoms with van der Waals surface area (Å²) in [6.45, 7) is 0. The largest absolute Gasteiger partial charge is 0.264 e. The van der Waals surface area contributed by atoms with Gasteiger partial charge in [0.25, 0.3) is 0 Å². The van der Waals surface area contributed by atoms with Gasteiger partial charge in [0.05, 0.1) is 5.69 Å². The molecule has 0 amide bonds. The van der Waals surface area contributed by atoms with Crippen molar-refractivity contribution in [3.05, 3.63) is 61.1 Å². The van der Waals surface area contributed by atoms with Gasteiger partial charge in [-0.05, 0) is 17.5 Å². The lowest BCUT2D eigenvalue weighted by Crippen LogP contribution is -1.86. The van der Waals surface area contributed by atoms with Gasteiger partial charge in [-0.2, -0.15) is 0 Å². The van der Waals surface area contributed by atoms with Gasteiger partial charge in [0, 0.05) is 29.5 Å². The van der Waals surface area contributed by atoms with E-state index in [1.54, 1.807) is 6.20 Å². The van der Waals surface area contributed by atoms with E-state index in [2.05, 4.69) is 22.1 Å². The van der Waals surface area contributed by atoms with Crippen LogP contribution >= 0.6 is 0 Å². The van der Waals surface area contributed by atoms with Crippen molar-refractivity contribution < 1.29 is 0 Å². The predicted octanol–water partition coefficient (Wildman–Crippen LogP) is 3.30. The van der Waals surface area contributed by atoms with Crippen LogP contribution in [0.4, 0.5) is 0 Å². The van der Waals surface area contributed by atoms with Gasteiger partial charge >= 0.3 is 0 Å². The minimum absolute atomic E-state index is 0.992. The van der Waals surface area contributed by atoms with Gasteiger partial charge in [-0.15, -0.1) is 0 Å². The molecule has 0 aliphatic carbocycles. The molecule has 0 spiro atoms. The maximum Gasteiger partial charge on any atom is 0.0795 e. The zero-order valence-electron chi connectivity index (χ0n) is 8.67. The Bertz CT molecular complexity index is 612. The SMILES string of the molecule is c1ccc(-c2nccc3ccncc23)cc1. The summed E-state index contributed by atoms with van der Waals surface area (Å²) in [5, 5.41) is 2.26. The molecule has 2 aromatic heterocycles. The van der Waals surface area contributed by atoms with Crippen LogP contribution in [0, 0.1) is 0 Å². The summed E-state index contributed by atoms with van der Waals surface area (Å²) in [7, 11) is 0. The summed E-state index contributed by atoms with van der Waals surface area (Å²) in [6, 6.07) is 14.2. The summed E-state index contributed by atoms with van der Waals surface area (Å²) < 4.78 is 0. The van der Waals surface area contributed by atoms with E-state index in [0.717, 1.165) is 16.6 Å². The van der Waals surface area contributed by atoms with Gasteiger partial charge in [-0.3, -0.25) is 9.97 Å². The van der Waals surface area contributed by atoms with Gasteiger partial charge in [0.15, 0.2) is 0 Å². The topological polar surface area (TPSA) is 25.8 Å². The second-order valence-corrected chi connectivity index (χ2v) is 3.62. The van der Waals surface area contributed by atoms with E-state index in [-0.39, 0.29) is 0 Å². The lowest BCUT2D eigenvalue weighted by atomic mass is 10.1. The molecule has 0 aliphatic rings. The monoisotopic (exact) mass is 206 g/mol. The number of pyridine rings is 2. The van der Waals surface area contributed by atoms with E-state index in [4.69, 9.17) is 0 Å². The first-order valence-corrected chi connectivity index (χ1v) is 5.19. The fourth-order valence-electron chi connectivity index (χ4n) is 1.84. The van der Waals surface area contributed by atoms with Crippen LogP contribution in [0.2, 0.25) is 0 Å². The standard InChI is InChI=1S/C14H10N2/c1-2-4-12(5-3-1)14-13-10-15-8-6-11(13)7-9-16-14/h1-10H. The van der Waals surface area contributed by atoms with E-state index in [9.17, 15) is 0 Å². The van der Waals surface area contributed by atoms with Crippen molar-refractivity contribution in [1.29, 1.82) is 0 Å². The average molecular weight is 206 g/mol. The summed E-state index contributed by atoms with van der Waals surface area (Å²) in [4.78, 5) is 8.60. The van der Waals surface area contributed by atoms with Gasteiger partial charge in [-0.25, -0.2) is 0 Å². The Labute approximate surface area is 93.6 Å². The average Bonchev–Trinajstić information content (AvgIpc) is 2.39. The number of hydrogen-bond donors (Lipinski definition) is 0. The van der Waals surface area contributed by atoms with Crippen LogP contribution in [0.3, 0.4) is 0 Å². The number of fused-ring (bicyclic) bond motifs is 1. The molecular weight excluding hydrogens is 196 g/mol. The zero-order chi connectivity index (χ0) is 10.8. The van der Waals surface area contributed by atoms with E-state index < -0.39 is 0 Å². The number of aromatic nitrogens is 2. The quantitative estimate of drug-likeness (QED) is 0.610. The van der Waals surface area contributed by atoms with Gasteiger partial charge in [-0.1, -0.05) is 30.3 Å². The van der Waals surface area contributed by atoms with Crippen molar-refractivity contribution >= 4 is 10.8 Å². The molecule has 0 aliphatic heterocycles. The van der Waals surface area contributed by atoms with Crippen LogP contribution in [-0.2, 0) is 0 Å². The minimum Gasteiger partial charge on any atom is -0.264 e. The van der Waals surface area contributed by atoms with Crippen LogP contribution in [0.25, 0.3) is 22.0 Å². The van der Waals surface area contributed by atoms with Crippen LogP contribution in [-0.4, -0.2) is 9.97 Å². The smallest absolute Gasteiger partial charge is 0.0795 e. The number of benzene rings is 1. The predicted molar refractivity (Wildman–Crippen MR) is 65.0 cm³/mol. The van der Waals surface area contributed by atoms with E-state index in [0.29, 0.717) is 0 Å². The zero-order valence-corrected chi connectivity index (χ0v) is 8.67. The van der Waals surface area contributed by atoms with Crippen LogP contribution in [0.5, 0.6) is 0 Å². The fourth-order valence-corrected chi connectivity index (χ4v) is 1.84. The first-order valence-electron chi connectivity index (χ1n) is 5.19. The highest BCUT2D eigenvalue weighted by Crippen LogP contribution is 2.24. The number of rotatable bonds is 1. The highest BCUT2D eigenvalue weighted by molar-refractivity contribution is 5.93. The first-order chi connectivity index (χ1) is 7.95. The molecule has 2 nitrogen and oxygen atoms in total. The Balaban J connectivity index is 2.32. The summed E-state index contributed by atoms with van der Waals surface area (Å²) in [5.74, 6) is 0. The molecule has 0 atom stereocenters. The molecule has 2 heteroatoms. The van der Waals surface area contributed by atoms with Gasteiger partial charge in [0.1, 0.15) is 0 Å². The second kappa shape index (κ2) is 3.74. The maximum atomic E-state index is 4.44. The molecule has 0 unspecified atom stereocenters. The van der Waals surface area contributed by atoms with Gasteiger partial charge in [0.2, 0.25) is 0 Å². The number of hydrogen-bond acceptors (Lipinski definition) is 2. The third-order valence-corrected chi connectivity index (χ3v) is 2.61. The van der Waals surface area contributed by atoms with E-state index in [1.807, 2.05) is 42.7 Å². The molecule has 3 aromatic rings. The molecule has 0 saturated heterocycles. The molecule has 16 heavy (non-hydrogen) atoms. The highest BCUT2D eigenvalue weighted by Gasteiger charge is 2.03. The molecule has 2 heterocycles. The Hall–Kier alpha value is -2.22. The summed E-state index contributed by atoms with van der Waals surface area (Å²) in [6.07, 6.45) is 5.51. The Morgan fingerprint density at radius 3 is 2.50 bits per heavy atom. The van der Waals surface area contributed by atoms with Crippen molar-refractivity contribution in [2.24, 2.45) is 0 Å². The molecule has 0 fully saturated rings. The molecule has 1 aromatic carbocycles. The third kappa shape index (κ3) is 1.44. The Morgan fingerprint density at radius 2 is 1.62 bits per heavy atom. The molecule has 0 N–H and O–H groups in total. The Kier molecular flexibility index (Phi) is 2.11. The molecule has 0 saturated carbocycles. The van der Waals surface area contributed by atoms with E-state index >= 15 is 0 Å². The fraction of sp³-hybridized carbons (Fsp3) is 0. The molecule has 3 rings (SSSR count). The third-order valence-electron chi connectivity index (χ3n) is 2.61. The summed E-state index contributed by atoms with van der Waals surface area (Å²) in [5.41, 5.74) is 2.12.